The number of rotatable bonds is 6. The van der Waals surface area contributed by atoms with Crippen LogP contribution in [-0.2, 0) is 16.0 Å². The van der Waals surface area contributed by atoms with Gasteiger partial charge in [0.05, 0.1) is 13.0 Å². The van der Waals surface area contributed by atoms with Crippen molar-refractivity contribution in [3.05, 3.63) is 29.8 Å². The van der Waals surface area contributed by atoms with Gasteiger partial charge in [-0.25, -0.2) is 0 Å². The van der Waals surface area contributed by atoms with Gasteiger partial charge in [-0.05, 0) is 18.1 Å². The van der Waals surface area contributed by atoms with E-state index < -0.39 is 11.9 Å². The molecule has 1 unspecified atom stereocenters. The molecule has 0 amide bonds. The van der Waals surface area contributed by atoms with Crippen LogP contribution in [0, 0.1) is 5.92 Å². The molecule has 0 aliphatic rings. The molecule has 0 aromatic heterocycles. The van der Waals surface area contributed by atoms with E-state index in [9.17, 15) is 9.59 Å². The van der Waals surface area contributed by atoms with E-state index in [-0.39, 0.29) is 6.42 Å². The van der Waals surface area contributed by atoms with E-state index in [0.717, 1.165) is 5.56 Å². The lowest BCUT2D eigenvalue weighted by Gasteiger charge is -2.12. The number of methoxy groups -OCH3 is 1. The number of hydrogen-bond donors (Lipinski definition) is 1. The Hall–Kier alpha value is -1.84. The Morgan fingerprint density at radius 3 is 2.75 bits per heavy atom. The number of hydrogen-bond acceptors (Lipinski definition) is 3. The molecule has 1 aromatic rings. The highest BCUT2D eigenvalue weighted by atomic mass is 16.5. The summed E-state index contributed by atoms with van der Waals surface area (Å²) in [6.07, 6.45) is 0.958. The zero-order valence-electron chi connectivity index (χ0n) is 9.05. The molecule has 0 heterocycles. The number of carboxylic acids is 1. The summed E-state index contributed by atoms with van der Waals surface area (Å²) in [6, 6.07) is 7.21. The molecule has 0 saturated heterocycles. The van der Waals surface area contributed by atoms with Gasteiger partial charge in [-0.1, -0.05) is 18.2 Å². The molecule has 4 nitrogen and oxygen atoms in total. The van der Waals surface area contributed by atoms with E-state index in [1.807, 2.05) is 12.1 Å². The predicted molar refractivity (Wildman–Crippen MR) is 58.5 cm³/mol. The van der Waals surface area contributed by atoms with E-state index >= 15 is 0 Å². The summed E-state index contributed by atoms with van der Waals surface area (Å²) in [5.74, 6) is -0.994. The summed E-state index contributed by atoms with van der Waals surface area (Å²) in [7, 11) is 1.54. The first-order valence-corrected chi connectivity index (χ1v) is 4.97. The van der Waals surface area contributed by atoms with Gasteiger partial charge in [0.25, 0.3) is 0 Å². The van der Waals surface area contributed by atoms with Crippen molar-refractivity contribution in [3.63, 3.8) is 0 Å². The number of aldehydes is 1. The van der Waals surface area contributed by atoms with Crippen molar-refractivity contribution in [1.82, 2.24) is 0 Å². The van der Waals surface area contributed by atoms with Crippen LogP contribution in [0.3, 0.4) is 0 Å². The Labute approximate surface area is 93.9 Å². The van der Waals surface area contributed by atoms with Crippen molar-refractivity contribution in [3.8, 4) is 5.75 Å². The van der Waals surface area contributed by atoms with Gasteiger partial charge >= 0.3 is 5.97 Å². The van der Waals surface area contributed by atoms with Gasteiger partial charge in [-0.2, -0.15) is 0 Å². The van der Waals surface area contributed by atoms with E-state index in [4.69, 9.17) is 9.84 Å². The molecule has 16 heavy (non-hydrogen) atoms. The standard InChI is InChI=1S/C12H14O4/c1-16-11-5-3-2-4-9(11)8-10(6-7-13)12(14)15/h2-5,7,10H,6,8H2,1H3,(H,14,15). The molecule has 0 bridgehead atoms. The molecule has 1 N–H and O–H groups in total. The molecule has 0 radical (unpaired) electrons. The maximum absolute atomic E-state index is 10.9. The highest BCUT2D eigenvalue weighted by molar-refractivity contribution is 5.74. The van der Waals surface area contributed by atoms with E-state index in [2.05, 4.69) is 0 Å². The van der Waals surface area contributed by atoms with Gasteiger partial charge in [-0.15, -0.1) is 0 Å². The minimum absolute atomic E-state index is 0.0212. The molecule has 4 heteroatoms. The number of benzene rings is 1. The average Bonchev–Trinajstić information content (AvgIpc) is 2.29. The van der Waals surface area contributed by atoms with Crippen LogP contribution < -0.4 is 4.74 Å². The minimum Gasteiger partial charge on any atom is -0.496 e. The van der Waals surface area contributed by atoms with Crippen LogP contribution in [0.1, 0.15) is 12.0 Å². The van der Waals surface area contributed by atoms with Gasteiger partial charge in [0.15, 0.2) is 0 Å². The zero-order chi connectivity index (χ0) is 12.0. The average molecular weight is 222 g/mol. The highest BCUT2D eigenvalue weighted by Crippen LogP contribution is 2.22. The molecule has 0 aliphatic carbocycles. The maximum Gasteiger partial charge on any atom is 0.307 e. The lowest BCUT2D eigenvalue weighted by molar-refractivity contribution is -0.142. The monoisotopic (exact) mass is 222 g/mol. The van der Waals surface area contributed by atoms with Crippen molar-refractivity contribution in [1.29, 1.82) is 0 Å². The number of ether oxygens (including phenoxy) is 1. The largest absolute Gasteiger partial charge is 0.496 e. The molecule has 1 rings (SSSR count). The Kier molecular flexibility index (Phi) is 4.51. The maximum atomic E-state index is 10.9. The lowest BCUT2D eigenvalue weighted by atomic mass is 9.96. The van der Waals surface area contributed by atoms with Gasteiger partial charge in [-0.3, -0.25) is 4.79 Å². The van der Waals surface area contributed by atoms with Crippen molar-refractivity contribution < 1.29 is 19.4 Å². The van der Waals surface area contributed by atoms with Gasteiger partial charge in [0.1, 0.15) is 12.0 Å². The minimum atomic E-state index is -0.960. The Bertz CT molecular complexity index is 373. The van der Waals surface area contributed by atoms with Crippen LogP contribution in [0.4, 0.5) is 0 Å². The second-order valence-corrected chi connectivity index (χ2v) is 3.45. The molecule has 0 fully saturated rings. The van der Waals surface area contributed by atoms with E-state index in [0.29, 0.717) is 18.5 Å². The first-order valence-electron chi connectivity index (χ1n) is 4.97. The fourth-order valence-electron chi connectivity index (χ4n) is 1.52. The lowest BCUT2D eigenvalue weighted by Crippen LogP contribution is -2.17. The molecule has 0 saturated carbocycles. The van der Waals surface area contributed by atoms with Crippen LogP contribution in [-0.4, -0.2) is 24.5 Å². The molecular formula is C12H14O4. The number of carboxylic acid groups (broad SMARTS) is 1. The van der Waals surface area contributed by atoms with Gasteiger partial charge in [0, 0.05) is 6.42 Å². The topological polar surface area (TPSA) is 63.6 Å². The summed E-state index contributed by atoms with van der Waals surface area (Å²) in [5, 5.41) is 8.93. The summed E-state index contributed by atoms with van der Waals surface area (Å²) in [4.78, 5) is 21.3. The fourth-order valence-corrected chi connectivity index (χ4v) is 1.52. The normalized spacial score (nSPS) is 11.8. The quantitative estimate of drug-likeness (QED) is 0.741. The van der Waals surface area contributed by atoms with Crippen molar-refractivity contribution in [2.75, 3.05) is 7.11 Å². The molecule has 1 aromatic carbocycles. The van der Waals surface area contributed by atoms with Crippen LogP contribution in [0.15, 0.2) is 24.3 Å². The first-order chi connectivity index (χ1) is 7.69. The number of para-hydroxylation sites is 1. The molecule has 0 aliphatic heterocycles. The van der Waals surface area contributed by atoms with Gasteiger partial charge < -0.3 is 14.6 Å². The van der Waals surface area contributed by atoms with Crippen LogP contribution >= 0.6 is 0 Å². The van der Waals surface area contributed by atoms with Crippen molar-refractivity contribution >= 4 is 12.3 Å². The first kappa shape index (κ1) is 12.2. The zero-order valence-corrected chi connectivity index (χ0v) is 9.05. The number of carbonyl (C=O) groups excluding carboxylic acids is 1. The molecule has 1 atom stereocenters. The fraction of sp³-hybridized carbons (Fsp3) is 0.333. The Morgan fingerprint density at radius 2 is 2.19 bits per heavy atom. The van der Waals surface area contributed by atoms with E-state index in [1.165, 1.54) is 7.11 Å². The third-order valence-electron chi connectivity index (χ3n) is 2.39. The Balaban J connectivity index is 2.84. The third kappa shape index (κ3) is 3.08. The smallest absolute Gasteiger partial charge is 0.307 e. The van der Waals surface area contributed by atoms with Crippen molar-refractivity contribution in [2.45, 2.75) is 12.8 Å². The van der Waals surface area contributed by atoms with Crippen LogP contribution in [0.25, 0.3) is 0 Å². The van der Waals surface area contributed by atoms with Crippen LogP contribution in [0.5, 0.6) is 5.75 Å². The highest BCUT2D eigenvalue weighted by Gasteiger charge is 2.18. The third-order valence-corrected chi connectivity index (χ3v) is 2.39. The van der Waals surface area contributed by atoms with Crippen molar-refractivity contribution in [2.24, 2.45) is 5.92 Å². The summed E-state index contributed by atoms with van der Waals surface area (Å²) >= 11 is 0. The summed E-state index contributed by atoms with van der Waals surface area (Å²) in [6.45, 7) is 0. The Morgan fingerprint density at radius 1 is 1.50 bits per heavy atom. The second-order valence-electron chi connectivity index (χ2n) is 3.45. The number of carbonyl (C=O) groups is 2. The predicted octanol–water partition coefficient (Wildman–Crippen LogP) is 1.53. The molecule has 86 valence electrons. The summed E-state index contributed by atoms with van der Waals surface area (Å²) < 4.78 is 5.12. The number of aliphatic carboxylic acids is 1. The molecular weight excluding hydrogens is 208 g/mol. The van der Waals surface area contributed by atoms with Gasteiger partial charge in [0.2, 0.25) is 0 Å². The van der Waals surface area contributed by atoms with Crippen LogP contribution in [0.2, 0.25) is 0 Å². The molecule has 0 spiro atoms. The second kappa shape index (κ2) is 5.90. The SMILES string of the molecule is COc1ccccc1CC(CC=O)C(=O)O. The van der Waals surface area contributed by atoms with E-state index in [1.54, 1.807) is 12.1 Å². The summed E-state index contributed by atoms with van der Waals surface area (Å²) in [5.41, 5.74) is 0.805.